The van der Waals surface area contributed by atoms with E-state index in [-0.39, 0.29) is 17.9 Å². The zero-order valence-electron chi connectivity index (χ0n) is 10.4. The second-order valence-corrected chi connectivity index (χ2v) is 4.26. The van der Waals surface area contributed by atoms with Crippen LogP contribution in [-0.2, 0) is 4.79 Å². The Bertz CT molecular complexity index is 540. The van der Waals surface area contributed by atoms with Gasteiger partial charge in [-0.3, -0.25) is 9.59 Å². The molecule has 1 aliphatic heterocycles. The highest BCUT2D eigenvalue weighted by molar-refractivity contribution is 5.95. The third-order valence-electron chi connectivity index (χ3n) is 2.79. The van der Waals surface area contributed by atoms with E-state index < -0.39 is 0 Å². The van der Waals surface area contributed by atoms with E-state index in [1.165, 1.54) is 0 Å². The first-order chi connectivity index (χ1) is 9.19. The molecule has 4 N–H and O–H groups in total. The molecule has 5 heteroatoms. The lowest BCUT2D eigenvalue weighted by atomic mass is 10.1. The van der Waals surface area contributed by atoms with Gasteiger partial charge in [-0.1, -0.05) is 11.8 Å². The normalized spacial score (nSPS) is 17.3. The summed E-state index contributed by atoms with van der Waals surface area (Å²) in [5.74, 6) is 5.43. The number of nitrogens with one attached hydrogen (secondary N) is 2. The molecule has 0 saturated carbocycles. The fraction of sp³-hybridized carbons (Fsp3) is 0.286. The molecule has 98 valence electrons. The number of hydrogen-bond donors (Lipinski definition) is 3. The summed E-state index contributed by atoms with van der Waals surface area (Å²) in [4.78, 5) is 23.0. The molecule has 0 aliphatic carbocycles. The van der Waals surface area contributed by atoms with E-state index in [0.717, 1.165) is 5.56 Å². The SMILES string of the molecule is NCC#Cc1ccc(C(=O)NC2CNC(=O)C2)cc1. The molecule has 5 nitrogen and oxygen atoms in total. The Morgan fingerprint density at radius 1 is 1.42 bits per heavy atom. The highest BCUT2D eigenvalue weighted by Crippen LogP contribution is 2.05. The molecule has 1 atom stereocenters. The predicted octanol–water partition coefficient (Wildman–Crippen LogP) is -0.385. The van der Waals surface area contributed by atoms with Gasteiger partial charge in [0.05, 0.1) is 12.6 Å². The van der Waals surface area contributed by atoms with Crippen LogP contribution in [0.25, 0.3) is 0 Å². The van der Waals surface area contributed by atoms with E-state index in [2.05, 4.69) is 22.5 Å². The minimum atomic E-state index is -0.181. The first-order valence-electron chi connectivity index (χ1n) is 6.05. The largest absolute Gasteiger partial charge is 0.354 e. The molecule has 1 aromatic rings. The highest BCUT2D eigenvalue weighted by Gasteiger charge is 2.23. The maximum atomic E-state index is 11.9. The van der Waals surface area contributed by atoms with Crippen molar-refractivity contribution >= 4 is 11.8 Å². The third kappa shape index (κ3) is 3.57. The maximum absolute atomic E-state index is 11.9. The molecule has 19 heavy (non-hydrogen) atoms. The van der Waals surface area contributed by atoms with Gasteiger partial charge in [-0.25, -0.2) is 0 Å². The molecular weight excluding hydrogens is 242 g/mol. The Labute approximate surface area is 111 Å². The second-order valence-electron chi connectivity index (χ2n) is 4.26. The molecule has 1 saturated heterocycles. The van der Waals surface area contributed by atoms with Gasteiger partial charge in [-0.05, 0) is 24.3 Å². The molecule has 1 heterocycles. The number of carbonyl (C=O) groups excluding carboxylic acids is 2. The number of benzene rings is 1. The van der Waals surface area contributed by atoms with Crippen molar-refractivity contribution in [3.05, 3.63) is 35.4 Å². The van der Waals surface area contributed by atoms with Crippen molar-refractivity contribution in [2.24, 2.45) is 5.73 Å². The molecule has 1 unspecified atom stereocenters. The Balaban J connectivity index is 1.97. The average molecular weight is 257 g/mol. The van der Waals surface area contributed by atoms with E-state index in [9.17, 15) is 9.59 Å². The molecule has 0 radical (unpaired) electrons. The fourth-order valence-corrected chi connectivity index (χ4v) is 1.83. The van der Waals surface area contributed by atoms with Crippen LogP contribution in [0, 0.1) is 11.8 Å². The summed E-state index contributed by atoms with van der Waals surface area (Å²) in [7, 11) is 0. The standard InChI is InChI=1S/C14H15N3O2/c15-7-1-2-10-3-5-11(6-4-10)14(19)17-12-8-13(18)16-9-12/h3-6,12H,7-9,15H2,(H,16,18)(H,17,19). The summed E-state index contributed by atoms with van der Waals surface area (Å²) in [6.45, 7) is 0.801. The van der Waals surface area contributed by atoms with Crippen LogP contribution in [0.4, 0.5) is 0 Å². The Kier molecular flexibility index (Phi) is 4.16. The van der Waals surface area contributed by atoms with E-state index in [1.54, 1.807) is 24.3 Å². The predicted molar refractivity (Wildman–Crippen MR) is 71.3 cm³/mol. The molecule has 1 aromatic carbocycles. The number of nitrogens with two attached hydrogens (primary N) is 1. The van der Waals surface area contributed by atoms with Crippen LogP contribution >= 0.6 is 0 Å². The van der Waals surface area contributed by atoms with Crippen LogP contribution in [0.1, 0.15) is 22.3 Å². The Morgan fingerprint density at radius 2 is 2.16 bits per heavy atom. The van der Waals surface area contributed by atoms with Crippen LogP contribution in [-0.4, -0.2) is 30.9 Å². The van der Waals surface area contributed by atoms with Crippen LogP contribution in [0.3, 0.4) is 0 Å². The Morgan fingerprint density at radius 3 is 2.74 bits per heavy atom. The van der Waals surface area contributed by atoms with Crippen molar-refractivity contribution in [2.75, 3.05) is 13.1 Å². The topological polar surface area (TPSA) is 84.2 Å². The van der Waals surface area contributed by atoms with Gasteiger partial charge < -0.3 is 16.4 Å². The average Bonchev–Trinajstić information content (AvgIpc) is 2.82. The van der Waals surface area contributed by atoms with Crippen molar-refractivity contribution in [1.29, 1.82) is 0 Å². The third-order valence-corrected chi connectivity index (χ3v) is 2.79. The summed E-state index contributed by atoms with van der Waals surface area (Å²) >= 11 is 0. The van der Waals surface area contributed by atoms with Crippen LogP contribution in [0.2, 0.25) is 0 Å². The number of amides is 2. The summed E-state index contributed by atoms with van der Waals surface area (Å²) in [5.41, 5.74) is 6.66. The number of rotatable bonds is 2. The number of hydrogen-bond acceptors (Lipinski definition) is 3. The molecule has 1 aliphatic rings. The monoisotopic (exact) mass is 257 g/mol. The zero-order valence-corrected chi connectivity index (χ0v) is 10.4. The molecule has 0 spiro atoms. The van der Waals surface area contributed by atoms with Gasteiger partial charge in [-0.15, -0.1) is 0 Å². The van der Waals surface area contributed by atoms with Crippen molar-refractivity contribution in [3.8, 4) is 11.8 Å². The van der Waals surface area contributed by atoms with Crippen LogP contribution in [0.15, 0.2) is 24.3 Å². The van der Waals surface area contributed by atoms with Crippen molar-refractivity contribution in [2.45, 2.75) is 12.5 Å². The first-order valence-corrected chi connectivity index (χ1v) is 6.05. The van der Waals surface area contributed by atoms with Gasteiger partial charge in [0.25, 0.3) is 5.91 Å². The molecule has 2 rings (SSSR count). The molecule has 1 fully saturated rings. The summed E-state index contributed by atoms with van der Waals surface area (Å²) in [5, 5.41) is 5.48. The van der Waals surface area contributed by atoms with Gasteiger partial charge in [0.1, 0.15) is 0 Å². The lowest BCUT2D eigenvalue weighted by molar-refractivity contribution is -0.119. The molecule has 0 bridgehead atoms. The minimum Gasteiger partial charge on any atom is -0.354 e. The smallest absolute Gasteiger partial charge is 0.251 e. The number of carbonyl (C=O) groups is 2. The van der Waals surface area contributed by atoms with E-state index in [0.29, 0.717) is 25.1 Å². The lowest BCUT2D eigenvalue weighted by Crippen LogP contribution is -2.36. The van der Waals surface area contributed by atoms with Crippen molar-refractivity contribution in [1.82, 2.24) is 10.6 Å². The maximum Gasteiger partial charge on any atom is 0.251 e. The van der Waals surface area contributed by atoms with Gasteiger partial charge in [0.2, 0.25) is 5.91 Å². The zero-order chi connectivity index (χ0) is 13.7. The molecule has 0 aromatic heterocycles. The second kappa shape index (κ2) is 6.03. The van der Waals surface area contributed by atoms with Crippen molar-refractivity contribution < 1.29 is 9.59 Å². The lowest BCUT2D eigenvalue weighted by Gasteiger charge is -2.10. The first kappa shape index (κ1) is 13.1. The Hall–Kier alpha value is -2.32. The van der Waals surface area contributed by atoms with Gasteiger partial charge in [0.15, 0.2) is 0 Å². The van der Waals surface area contributed by atoms with E-state index in [4.69, 9.17) is 5.73 Å². The summed E-state index contributed by atoms with van der Waals surface area (Å²) in [6.07, 6.45) is 0.339. The van der Waals surface area contributed by atoms with Crippen LogP contribution in [0.5, 0.6) is 0 Å². The quantitative estimate of drug-likeness (QED) is 0.631. The van der Waals surface area contributed by atoms with E-state index >= 15 is 0 Å². The van der Waals surface area contributed by atoms with Gasteiger partial charge in [-0.2, -0.15) is 0 Å². The minimum absolute atomic E-state index is 0.0299. The van der Waals surface area contributed by atoms with Gasteiger partial charge in [0, 0.05) is 24.1 Å². The summed E-state index contributed by atoms with van der Waals surface area (Å²) in [6, 6.07) is 6.84. The van der Waals surface area contributed by atoms with Crippen molar-refractivity contribution in [3.63, 3.8) is 0 Å². The summed E-state index contributed by atoms with van der Waals surface area (Å²) < 4.78 is 0. The van der Waals surface area contributed by atoms with Gasteiger partial charge >= 0.3 is 0 Å². The molecular formula is C14H15N3O2. The fourth-order valence-electron chi connectivity index (χ4n) is 1.83. The van der Waals surface area contributed by atoms with Crippen LogP contribution < -0.4 is 16.4 Å². The molecule has 2 amide bonds. The van der Waals surface area contributed by atoms with E-state index in [1.807, 2.05) is 0 Å². The highest BCUT2D eigenvalue weighted by atomic mass is 16.2.